The Bertz CT molecular complexity index is 885. The van der Waals surface area contributed by atoms with E-state index in [4.69, 9.17) is 11.6 Å². The summed E-state index contributed by atoms with van der Waals surface area (Å²) in [6, 6.07) is 11.9. The Balaban J connectivity index is 1.38. The molecule has 0 atom stereocenters. The predicted octanol–water partition coefficient (Wildman–Crippen LogP) is 3.05. The standard InChI is InChI=1S/C21H24ClFN4O2/c1-15-5-6-16(13-19(15)23)20(28)24-7-8-25-21(29)27-11-9-26(10-12-27)18-4-2-3-17(22)14-18/h2-6,13-14H,7-12H2,1H3,(H,24,28)(H,25,29). The minimum absolute atomic E-state index is 0.161. The topological polar surface area (TPSA) is 64.7 Å². The minimum Gasteiger partial charge on any atom is -0.368 e. The lowest BCUT2D eigenvalue weighted by Crippen LogP contribution is -2.52. The van der Waals surface area contributed by atoms with Gasteiger partial charge in [0.1, 0.15) is 5.82 Å². The Morgan fingerprint density at radius 2 is 1.76 bits per heavy atom. The highest BCUT2D eigenvalue weighted by Gasteiger charge is 2.21. The number of halogens is 2. The lowest BCUT2D eigenvalue weighted by atomic mass is 10.1. The third kappa shape index (κ3) is 5.60. The van der Waals surface area contributed by atoms with Gasteiger partial charge in [0.2, 0.25) is 0 Å². The van der Waals surface area contributed by atoms with Crippen LogP contribution in [-0.2, 0) is 0 Å². The van der Waals surface area contributed by atoms with E-state index in [0.29, 0.717) is 30.2 Å². The SMILES string of the molecule is Cc1ccc(C(=O)NCCNC(=O)N2CCN(c3cccc(Cl)c3)CC2)cc1F. The second kappa shape index (κ2) is 9.60. The van der Waals surface area contributed by atoms with E-state index in [1.54, 1.807) is 24.0 Å². The smallest absolute Gasteiger partial charge is 0.317 e. The molecule has 3 amide bonds. The van der Waals surface area contributed by atoms with Crippen molar-refractivity contribution in [3.8, 4) is 0 Å². The van der Waals surface area contributed by atoms with Gasteiger partial charge < -0.3 is 20.4 Å². The van der Waals surface area contributed by atoms with Gasteiger partial charge in [-0.15, -0.1) is 0 Å². The highest BCUT2D eigenvalue weighted by atomic mass is 35.5. The fraction of sp³-hybridized carbons (Fsp3) is 0.333. The van der Waals surface area contributed by atoms with Crippen molar-refractivity contribution in [2.45, 2.75) is 6.92 Å². The average Bonchev–Trinajstić information content (AvgIpc) is 2.73. The number of piperazine rings is 1. The Morgan fingerprint density at radius 3 is 2.45 bits per heavy atom. The number of carbonyl (C=O) groups excluding carboxylic acids is 2. The number of hydrogen-bond donors (Lipinski definition) is 2. The first-order chi connectivity index (χ1) is 13.9. The number of carbonyl (C=O) groups is 2. The van der Waals surface area contributed by atoms with E-state index in [0.717, 1.165) is 18.8 Å². The van der Waals surface area contributed by atoms with E-state index in [9.17, 15) is 14.0 Å². The quantitative estimate of drug-likeness (QED) is 0.733. The number of urea groups is 1. The molecule has 1 heterocycles. The molecule has 0 aliphatic carbocycles. The maximum atomic E-state index is 13.5. The molecule has 8 heteroatoms. The molecule has 1 aliphatic rings. The number of benzene rings is 2. The van der Waals surface area contributed by atoms with Crippen LogP contribution >= 0.6 is 11.6 Å². The molecular weight excluding hydrogens is 395 g/mol. The maximum Gasteiger partial charge on any atom is 0.317 e. The number of nitrogens with one attached hydrogen (secondary N) is 2. The van der Waals surface area contributed by atoms with Crippen LogP contribution in [-0.4, -0.2) is 56.1 Å². The van der Waals surface area contributed by atoms with Gasteiger partial charge in [0.05, 0.1) is 0 Å². The molecule has 0 spiro atoms. The molecule has 1 saturated heterocycles. The number of amides is 3. The van der Waals surface area contributed by atoms with Gasteiger partial charge in [0.15, 0.2) is 0 Å². The third-order valence-electron chi connectivity index (χ3n) is 4.86. The predicted molar refractivity (Wildman–Crippen MR) is 112 cm³/mol. The number of anilines is 1. The minimum atomic E-state index is -0.414. The fourth-order valence-electron chi connectivity index (χ4n) is 3.13. The first kappa shape index (κ1) is 20.9. The van der Waals surface area contributed by atoms with Crippen LogP contribution in [0.15, 0.2) is 42.5 Å². The summed E-state index contributed by atoms with van der Waals surface area (Å²) in [5.41, 5.74) is 1.80. The van der Waals surface area contributed by atoms with E-state index in [1.165, 1.54) is 6.07 Å². The van der Waals surface area contributed by atoms with Gasteiger partial charge in [-0.3, -0.25) is 4.79 Å². The van der Waals surface area contributed by atoms with E-state index >= 15 is 0 Å². The third-order valence-corrected chi connectivity index (χ3v) is 5.10. The summed E-state index contributed by atoms with van der Waals surface area (Å²) >= 11 is 6.04. The molecule has 1 fully saturated rings. The van der Waals surface area contributed by atoms with Gasteiger partial charge in [-0.1, -0.05) is 23.7 Å². The van der Waals surface area contributed by atoms with Gasteiger partial charge in [-0.25, -0.2) is 9.18 Å². The number of hydrogen-bond acceptors (Lipinski definition) is 3. The van der Waals surface area contributed by atoms with Gasteiger partial charge in [-0.05, 0) is 42.8 Å². The van der Waals surface area contributed by atoms with Crippen LogP contribution in [0.25, 0.3) is 0 Å². The van der Waals surface area contributed by atoms with Crippen molar-refractivity contribution in [2.24, 2.45) is 0 Å². The normalized spacial score (nSPS) is 13.9. The van der Waals surface area contributed by atoms with Crippen molar-refractivity contribution in [1.82, 2.24) is 15.5 Å². The lowest BCUT2D eigenvalue weighted by Gasteiger charge is -2.36. The highest BCUT2D eigenvalue weighted by molar-refractivity contribution is 6.30. The Kier molecular flexibility index (Phi) is 6.93. The van der Waals surface area contributed by atoms with Crippen LogP contribution in [0, 0.1) is 12.7 Å². The molecule has 29 heavy (non-hydrogen) atoms. The average molecular weight is 419 g/mol. The first-order valence-corrected chi connectivity index (χ1v) is 9.89. The van der Waals surface area contributed by atoms with Crippen molar-refractivity contribution in [3.63, 3.8) is 0 Å². The molecule has 154 valence electrons. The zero-order chi connectivity index (χ0) is 20.8. The van der Waals surface area contributed by atoms with Crippen molar-refractivity contribution in [1.29, 1.82) is 0 Å². The number of nitrogens with zero attached hydrogens (tertiary/aromatic N) is 2. The molecule has 0 aromatic heterocycles. The largest absolute Gasteiger partial charge is 0.368 e. The Hall–Kier alpha value is -2.80. The van der Waals surface area contributed by atoms with E-state index in [1.807, 2.05) is 24.3 Å². The van der Waals surface area contributed by atoms with Gasteiger partial charge in [-0.2, -0.15) is 0 Å². The molecule has 2 aromatic carbocycles. The summed E-state index contributed by atoms with van der Waals surface area (Å²) in [4.78, 5) is 28.3. The van der Waals surface area contributed by atoms with Crippen LogP contribution in [0.2, 0.25) is 5.02 Å². The Labute approximate surface area is 174 Å². The molecule has 0 saturated carbocycles. The molecular formula is C21H24ClFN4O2. The summed E-state index contributed by atoms with van der Waals surface area (Å²) in [5, 5.41) is 6.17. The Morgan fingerprint density at radius 1 is 1.03 bits per heavy atom. The van der Waals surface area contributed by atoms with Crippen LogP contribution in [0.3, 0.4) is 0 Å². The fourth-order valence-corrected chi connectivity index (χ4v) is 3.32. The van der Waals surface area contributed by atoms with E-state index < -0.39 is 5.82 Å². The second-order valence-corrected chi connectivity index (χ2v) is 7.34. The van der Waals surface area contributed by atoms with Crippen LogP contribution in [0.5, 0.6) is 0 Å². The van der Waals surface area contributed by atoms with E-state index in [-0.39, 0.29) is 24.0 Å². The zero-order valence-electron chi connectivity index (χ0n) is 16.3. The van der Waals surface area contributed by atoms with E-state index in [2.05, 4.69) is 15.5 Å². The van der Waals surface area contributed by atoms with Crippen LogP contribution in [0.1, 0.15) is 15.9 Å². The molecule has 6 nitrogen and oxygen atoms in total. The monoisotopic (exact) mass is 418 g/mol. The summed E-state index contributed by atoms with van der Waals surface area (Å²) in [7, 11) is 0. The summed E-state index contributed by atoms with van der Waals surface area (Å²) in [6.07, 6.45) is 0. The molecule has 2 aromatic rings. The highest BCUT2D eigenvalue weighted by Crippen LogP contribution is 2.20. The lowest BCUT2D eigenvalue weighted by molar-refractivity contribution is 0.0953. The molecule has 2 N–H and O–H groups in total. The second-order valence-electron chi connectivity index (χ2n) is 6.91. The first-order valence-electron chi connectivity index (χ1n) is 9.51. The van der Waals surface area contributed by atoms with Crippen molar-refractivity contribution >= 4 is 29.2 Å². The van der Waals surface area contributed by atoms with Crippen LogP contribution in [0.4, 0.5) is 14.9 Å². The molecule has 0 radical (unpaired) electrons. The molecule has 0 bridgehead atoms. The summed E-state index contributed by atoms with van der Waals surface area (Å²) in [6.45, 7) is 4.87. The van der Waals surface area contributed by atoms with Gasteiger partial charge >= 0.3 is 6.03 Å². The zero-order valence-corrected chi connectivity index (χ0v) is 17.0. The van der Waals surface area contributed by atoms with Crippen molar-refractivity contribution in [2.75, 3.05) is 44.2 Å². The van der Waals surface area contributed by atoms with Crippen molar-refractivity contribution < 1.29 is 14.0 Å². The van der Waals surface area contributed by atoms with Gasteiger partial charge in [0.25, 0.3) is 5.91 Å². The summed E-state index contributed by atoms with van der Waals surface area (Å²) in [5.74, 6) is -0.781. The molecule has 0 unspecified atom stereocenters. The van der Waals surface area contributed by atoms with Crippen molar-refractivity contribution in [3.05, 3.63) is 64.4 Å². The number of aryl methyl sites for hydroxylation is 1. The molecule has 1 aliphatic heterocycles. The maximum absolute atomic E-state index is 13.5. The van der Waals surface area contributed by atoms with Crippen LogP contribution < -0.4 is 15.5 Å². The van der Waals surface area contributed by atoms with Gasteiger partial charge in [0, 0.05) is 55.5 Å². The summed E-state index contributed by atoms with van der Waals surface area (Å²) < 4.78 is 13.5. The molecule has 3 rings (SSSR count). The number of rotatable bonds is 5.